The fraction of sp³-hybridized carbons (Fsp3) is 1.00. The maximum Gasteiger partial charge on any atom is 0.0394 e. The second kappa shape index (κ2) is 7.05. The van der Waals surface area contributed by atoms with E-state index in [-0.39, 0.29) is 0 Å². The lowest BCUT2D eigenvalue weighted by molar-refractivity contribution is 0.0323. The highest BCUT2D eigenvalue weighted by Gasteiger charge is 2.45. The summed E-state index contributed by atoms with van der Waals surface area (Å²) in [5.41, 5.74) is 3.56. The number of nitrogens with zero attached hydrogens (tertiary/aromatic N) is 1. The van der Waals surface area contributed by atoms with Crippen molar-refractivity contribution in [3.63, 3.8) is 0 Å². The Morgan fingerprint density at radius 3 is 2.16 bits per heavy atom. The van der Waals surface area contributed by atoms with Gasteiger partial charge in [0.1, 0.15) is 0 Å². The molecule has 0 amide bonds. The van der Waals surface area contributed by atoms with E-state index in [1.807, 2.05) is 0 Å². The average Bonchev–Trinajstić information content (AvgIpc) is 2.91. The van der Waals surface area contributed by atoms with Gasteiger partial charge in [0.05, 0.1) is 0 Å². The van der Waals surface area contributed by atoms with Crippen LogP contribution in [-0.2, 0) is 0 Å². The van der Waals surface area contributed by atoms with Crippen LogP contribution in [0.15, 0.2) is 0 Å². The van der Waals surface area contributed by atoms with Crippen molar-refractivity contribution in [2.45, 2.75) is 83.2 Å². The molecule has 1 aliphatic heterocycles. The summed E-state index contributed by atoms with van der Waals surface area (Å²) < 4.78 is 0. The summed E-state index contributed by atoms with van der Waals surface area (Å²) in [5, 5.41) is 0. The smallest absolute Gasteiger partial charge is 0.0394 e. The molecule has 1 atom stereocenters. The quantitative estimate of drug-likeness (QED) is 0.574. The van der Waals surface area contributed by atoms with Crippen LogP contribution in [0.2, 0.25) is 0 Å². The van der Waals surface area contributed by atoms with Crippen LogP contribution in [-0.4, -0.2) is 29.6 Å². The van der Waals surface area contributed by atoms with Crippen molar-refractivity contribution in [3.8, 4) is 0 Å². The molecule has 19 heavy (non-hydrogen) atoms. The number of likely N-dealkylation sites (tertiary alicyclic amines) is 1. The Bertz CT molecular complexity index is 253. The average molecular weight is 267 g/mol. The molecule has 112 valence electrons. The van der Waals surface area contributed by atoms with E-state index in [1.165, 1.54) is 70.9 Å². The minimum atomic E-state index is 0.365. The van der Waals surface area contributed by atoms with Gasteiger partial charge < -0.3 is 0 Å². The van der Waals surface area contributed by atoms with Crippen LogP contribution >= 0.6 is 0 Å². The largest absolute Gasteiger partial charge is 0.296 e. The molecule has 1 saturated heterocycles. The molecular formula is C16H33N3. The fourth-order valence-corrected chi connectivity index (χ4v) is 4.22. The van der Waals surface area contributed by atoms with E-state index in [0.717, 1.165) is 5.92 Å². The Hall–Kier alpha value is -0.120. The summed E-state index contributed by atoms with van der Waals surface area (Å²) in [5.74, 6) is 6.73. The Morgan fingerprint density at radius 2 is 1.63 bits per heavy atom. The molecule has 2 rings (SSSR count). The summed E-state index contributed by atoms with van der Waals surface area (Å²) >= 11 is 0. The van der Waals surface area contributed by atoms with Crippen molar-refractivity contribution in [2.75, 3.05) is 13.1 Å². The minimum Gasteiger partial charge on any atom is -0.296 e. The van der Waals surface area contributed by atoms with Gasteiger partial charge >= 0.3 is 0 Å². The van der Waals surface area contributed by atoms with Gasteiger partial charge in [0.2, 0.25) is 0 Å². The highest BCUT2D eigenvalue weighted by molar-refractivity contribution is 5.03. The number of piperidine rings is 1. The van der Waals surface area contributed by atoms with Crippen molar-refractivity contribution in [2.24, 2.45) is 11.8 Å². The molecule has 1 aliphatic carbocycles. The van der Waals surface area contributed by atoms with Gasteiger partial charge in [-0.2, -0.15) is 0 Å². The first-order valence-electron chi connectivity index (χ1n) is 8.40. The molecule has 1 unspecified atom stereocenters. The summed E-state index contributed by atoms with van der Waals surface area (Å²) in [6, 6.07) is 0.482. The summed E-state index contributed by atoms with van der Waals surface area (Å²) in [6.45, 7) is 7.21. The fourth-order valence-electron chi connectivity index (χ4n) is 4.22. The van der Waals surface area contributed by atoms with Gasteiger partial charge in [0, 0.05) is 11.6 Å². The standard InChI is InChI=1S/C16H33N3/c1-14(2)8-9-15(18-17)16(10-4-5-11-16)19-12-6-3-7-13-19/h14-15,18H,3-13,17H2,1-2H3. The van der Waals surface area contributed by atoms with E-state index >= 15 is 0 Å². The Labute approximate surface area is 119 Å². The Kier molecular flexibility index (Phi) is 5.67. The van der Waals surface area contributed by atoms with Gasteiger partial charge in [0.25, 0.3) is 0 Å². The Balaban J connectivity index is 2.06. The Morgan fingerprint density at radius 1 is 1.00 bits per heavy atom. The highest BCUT2D eigenvalue weighted by Crippen LogP contribution is 2.41. The van der Waals surface area contributed by atoms with Gasteiger partial charge in [-0.1, -0.05) is 33.1 Å². The molecule has 3 nitrogen and oxygen atoms in total. The van der Waals surface area contributed by atoms with E-state index in [1.54, 1.807) is 0 Å². The first-order chi connectivity index (χ1) is 9.19. The zero-order valence-corrected chi connectivity index (χ0v) is 13.0. The first kappa shape index (κ1) is 15.3. The zero-order chi connectivity index (χ0) is 13.7. The molecule has 0 aromatic rings. The molecule has 0 aromatic heterocycles. The van der Waals surface area contributed by atoms with Crippen molar-refractivity contribution < 1.29 is 0 Å². The van der Waals surface area contributed by atoms with Crippen molar-refractivity contribution in [1.82, 2.24) is 10.3 Å². The highest BCUT2D eigenvalue weighted by atomic mass is 15.3. The predicted molar refractivity (Wildman–Crippen MR) is 81.8 cm³/mol. The van der Waals surface area contributed by atoms with Crippen LogP contribution in [0.1, 0.15) is 71.6 Å². The van der Waals surface area contributed by atoms with E-state index in [2.05, 4.69) is 24.2 Å². The first-order valence-corrected chi connectivity index (χ1v) is 8.40. The lowest BCUT2D eigenvalue weighted by Crippen LogP contribution is -2.62. The third-order valence-corrected chi connectivity index (χ3v) is 5.34. The van der Waals surface area contributed by atoms with Crippen LogP contribution in [0.3, 0.4) is 0 Å². The normalized spacial score (nSPS) is 25.9. The van der Waals surface area contributed by atoms with Crippen molar-refractivity contribution in [3.05, 3.63) is 0 Å². The van der Waals surface area contributed by atoms with Gasteiger partial charge in [0.15, 0.2) is 0 Å². The molecule has 3 heteroatoms. The van der Waals surface area contributed by atoms with E-state index in [9.17, 15) is 0 Å². The minimum absolute atomic E-state index is 0.365. The molecule has 3 N–H and O–H groups in total. The van der Waals surface area contributed by atoms with Crippen molar-refractivity contribution in [1.29, 1.82) is 0 Å². The predicted octanol–water partition coefficient (Wildman–Crippen LogP) is 3.05. The second-order valence-corrected chi connectivity index (χ2v) is 7.05. The summed E-state index contributed by atoms with van der Waals surface area (Å²) in [6.07, 6.45) is 12.1. The topological polar surface area (TPSA) is 41.3 Å². The van der Waals surface area contributed by atoms with E-state index in [4.69, 9.17) is 5.84 Å². The molecule has 0 spiro atoms. The zero-order valence-electron chi connectivity index (χ0n) is 13.0. The van der Waals surface area contributed by atoms with Gasteiger partial charge in [-0.15, -0.1) is 0 Å². The van der Waals surface area contributed by atoms with Gasteiger partial charge in [-0.05, 0) is 57.5 Å². The van der Waals surface area contributed by atoms with Crippen LogP contribution in [0.4, 0.5) is 0 Å². The maximum absolute atomic E-state index is 5.95. The molecule has 1 heterocycles. The summed E-state index contributed by atoms with van der Waals surface area (Å²) in [4.78, 5) is 2.79. The molecule has 0 bridgehead atoms. The molecule has 1 saturated carbocycles. The number of nitrogens with two attached hydrogens (primary N) is 1. The number of rotatable bonds is 6. The van der Waals surface area contributed by atoms with Crippen LogP contribution < -0.4 is 11.3 Å². The summed E-state index contributed by atoms with van der Waals surface area (Å²) in [7, 11) is 0. The van der Waals surface area contributed by atoms with Crippen molar-refractivity contribution >= 4 is 0 Å². The SMILES string of the molecule is CC(C)CCC(NN)C1(N2CCCCC2)CCCC1. The maximum atomic E-state index is 5.95. The number of hydrogen-bond acceptors (Lipinski definition) is 3. The van der Waals surface area contributed by atoms with Crippen LogP contribution in [0.5, 0.6) is 0 Å². The van der Waals surface area contributed by atoms with E-state index < -0.39 is 0 Å². The monoisotopic (exact) mass is 267 g/mol. The molecule has 0 radical (unpaired) electrons. The molecule has 2 aliphatic rings. The van der Waals surface area contributed by atoms with Crippen LogP contribution in [0.25, 0.3) is 0 Å². The molecular weight excluding hydrogens is 234 g/mol. The number of nitrogens with one attached hydrogen (secondary N) is 1. The second-order valence-electron chi connectivity index (χ2n) is 7.05. The third-order valence-electron chi connectivity index (χ3n) is 5.34. The van der Waals surface area contributed by atoms with Gasteiger partial charge in [-0.25, -0.2) is 0 Å². The third kappa shape index (κ3) is 3.50. The molecule has 2 fully saturated rings. The molecule has 0 aromatic carbocycles. The lowest BCUT2D eigenvalue weighted by atomic mass is 9.81. The number of hydrazine groups is 1. The lowest BCUT2D eigenvalue weighted by Gasteiger charge is -2.48. The van der Waals surface area contributed by atoms with Gasteiger partial charge in [-0.3, -0.25) is 16.2 Å². The van der Waals surface area contributed by atoms with Crippen LogP contribution in [0, 0.1) is 5.92 Å². The van der Waals surface area contributed by atoms with E-state index in [0.29, 0.717) is 11.6 Å². The number of hydrogen-bond donors (Lipinski definition) is 2.